The van der Waals surface area contributed by atoms with Crippen LogP contribution in [0.25, 0.3) is 10.9 Å². The Kier molecular flexibility index (Phi) is 6.17. The summed E-state index contributed by atoms with van der Waals surface area (Å²) in [6, 6.07) is 26.6. The van der Waals surface area contributed by atoms with E-state index in [9.17, 15) is 5.11 Å². The molecule has 0 aliphatic carbocycles. The fourth-order valence-electron chi connectivity index (χ4n) is 3.86. The molecule has 0 bridgehead atoms. The number of aromatic nitrogens is 1. The Morgan fingerprint density at radius 2 is 1.73 bits per heavy atom. The molecule has 0 saturated heterocycles. The average molecular weight is 401 g/mol. The van der Waals surface area contributed by atoms with E-state index in [1.54, 1.807) is 0 Å². The van der Waals surface area contributed by atoms with Gasteiger partial charge >= 0.3 is 0 Å². The molecule has 30 heavy (non-hydrogen) atoms. The van der Waals surface area contributed by atoms with Gasteiger partial charge in [-0.3, -0.25) is 0 Å². The molecule has 4 aromatic rings. The van der Waals surface area contributed by atoms with E-state index in [2.05, 4.69) is 71.4 Å². The zero-order valence-corrected chi connectivity index (χ0v) is 17.5. The molecule has 0 spiro atoms. The standard InChI is InChI=1S/C26H28N2O2/c1-19-8-10-20(11-9-19)18-30-23-12-13-24-22(16-23)14-15-28(24)26(25(29)17-27-2)21-6-4-3-5-7-21/h3-16,25-27,29H,17-18H2,1-2H3. The van der Waals surface area contributed by atoms with Crippen LogP contribution in [0, 0.1) is 6.92 Å². The normalized spacial score (nSPS) is 13.3. The van der Waals surface area contributed by atoms with Crippen molar-refractivity contribution in [2.75, 3.05) is 13.6 Å². The fourth-order valence-corrected chi connectivity index (χ4v) is 3.86. The zero-order valence-electron chi connectivity index (χ0n) is 17.5. The monoisotopic (exact) mass is 400 g/mol. The first-order valence-electron chi connectivity index (χ1n) is 10.3. The summed E-state index contributed by atoms with van der Waals surface area (Å²) in [6.45, 7) is 3.14. The second-order valence-corrected chi connectivity index (χ2v) is 7.70. The SMILES string of the molecule is CNCC(O)C(c1ccccc1)n1ccc2cc(OCc3ccc(C)cc3)ccc21. The van der Waals surface area contributed by atoms with E-state index in [1.165, 1.54) is 5.56 Å². The number of fused-ring (bicyclic) bond motifs is 1. The number of hydrogen-bond acceptors (Lipinski definition) is 3. The van der Waals surface area contributed by atoms with Gasteiger partial charge in [-0.25, -0.2) is 0 Å². The number of aliphatic hydroxyl groups is 1. The van der Waals surface area contributed by atoms with Crippen LogP contribution in [0.2, 0.25) is 0 Å². The molecule has 0 aliphatic rings. The first-order valence-corrected chi connectivity index (χ1v) is 10.3. The Labute approximate surface area is 177 Å². The summed E-state index contributed by atoms with van der Waals surface area (Å²) in [7, 11) is 1.86. The summed E-state index contributed by atoms with van der Waals surface area (Å²) < 4.78 is 8.16. The molecule has 0 aliphatic heterocycles. The highest BCUT2D eigenvalue weighted by molar-refractivity contribution is 5.82. The van der Waals surface area contributed by atoms with Crippen molar-refractivity contribution in [2.45, 2.75) is 25.7 Å². The van der Waals surface area contributed by atoms with E-state index in [4.69, 9.17) is 4.74 Å². The van der Waals surface area contributed by atoms with Gasteiger partial charge in [-0.2, -0.15) is 0 Å². The van der Waals surface area contributed by atoms with Crippen LogP contribution in [0.1, 0.15) is 22.7 Å². The summed E-state index contributed by atoms with van der Waals surface area (Å²) in [5.74, 6) is 0.841. The van der Waals surface area contributed by atoms with Crippen molar-refractivity contribution in [3.8, 4) is 5.75 Å². The van der Waals surface area contributed by atoms with Crippen LogP contribution in [0.3, 0.4) is 0 Å². The summed E-state index contributed by atoms with van der Waals surface area (Å²) in [5, 5.41) is 15.1. The molecule has 2 N–H and O–H groups in total. The molecule has 154 valence electrons. The van der Waals surface area contributed by atoms with E-state index in [0.717, 1.165) is 27.8 Å². The second-order valence-electron chi connectivity index (χ2n) is 7.70. The molecule has 4 rings (SSSR count). The maximum absolute atomic E-state index is 10.9. The highest BCUT2D eigenvalue weighted by Crippen LogP contribution is 2.30. The van der Waals surface area contributed by atoms with Crippen molar-refractivity contribution in [3.05, 3.63) is 102 Å². The lowest BCUT2D eigenvalue weighted by atomic mass is 10.0. The van der Waals surface area contributed by atoms with Gasteiger partial charge in [-0.05, 0) is 49.4 Å². The molecule has 0 radical (unpaired) electrons. The Bertz CT molecular complexity index is 1090. The molecule has 0 fully saturated rings. The number of ether oxygens (including phenoxy) is 1. The molecular weight excluding hydrogens is 372 g/mol. The minimum absolute atomic E-state index is 0.171. The molecule has 2 unspecified atom stereocenters. The number of rotatable bonds is 8. The van der Waals surface area contributed by atoms with Gasteiger partial charge in [0, 0.05) is 23.6 Å². The number of likely N-dealkylation sites (N-methyl/N-ethyl adjacent to an activating group) is 1. The van der Waals surface area contributed by atoms with Crippen molar-refractivity contribution < 1.29 is 9.84 Å². The predicted octanol–water partition coefficient (Wildman–Crippen LogP) is 4.70. The topological polar surface area (TPSA) is 46.4 Å². The lowest BCUT2D eigenvalue weighted by Crippen LogP contribution is -2.33. The van der Waals surface area contributed by atoms with Crippen LogP contribution >= 0.6 is 0 Å². The maximum atomic E-state index is 10.9. The third-order valence-corrected chi connectivity index (χ3v) is 5.44. The van der Waals surface area contributed by atoms with Crippen molar-refractivity contribution in [3.63, 3.8) is 0 Å². The van der Waals surface area contributed by atoms with Crippen LogP contribution in [-0.2, 0) is 6.61 Å². The Hall–Kier alpha value is -3.08. The average Bonchev–Trinajstić information content (AvgIpc) is 3.17. The lowest BCUT2D eigenvalue weighted by Gasteiger charge is -2.26. The van der Waals surface area contributed by atoms with Gasteiger partial charge in [0.1, 0.15) is 12.4 Å². The number of hydrogen-bond donors (Lipinski definition) is 2. The highest BCUT2D eigenvalue weighted by atomic mass is 16.5. The summed E-state index contributed by atoms with van der Waals surface area (Å²) in [5.41, 5.74) is 4.55. The highest BCUT2D eigenvalue weighted by Gasteiger charge is 2.23. The largest absolute Gasteiger partial charge is 0.489 e. The van der Waals surface area contributed by atoms with Gasteiger partial charge in [-0.1, -0.05) is 60.2 Å². The van der Waals surface area contributed by atoms with Crippen molar-refractivity contribution in [2.24, 2.45) is 0 Å². The molecule has 1 aromatic heterocycles. The molecule has 3 aromatic carbocycles. The third kappa shape index (κ3) is 4.40. The van der Waals surface area contributed by atoms with Gasteiger partial charge in [0.25, 0.3) is 0 Å². The number of nitrogens with one attached hydrogen (secondary N) is 1. The minimum atomic E-state index is -0.550. The summed E-state index contributed by atoms with van der Waals surface area (Å²) in [6.07, 6.45) is 1.50. The Morgan fingerprint density at radius 1 is 0.967 bits per heavy atom. The third-order valence-electron chi connectivity index (χ3n) is 5.44. The van der Waals surface area contributed by atoms with Gasteiger partial charge < -0.3 is 19.7 Å². The minimum Gasteiger partial charge on any atom is -0.489 e. The molecule has 2 atom stereocenters. The first kappa shape index (κ1) is 20.2. The molecular formula is C26H28N2O2. The van der Waals surface area contributed by atoms with Crippen molar-refractivity contribution >= 4 is 10.9 Å². The van der Waals surface area contributed by atoms with Crippen LogP contribution in [0.4, 0.5) is 0 Å². The van der Waals surface area contributed by atoms with E-state index >= 15 is 0 Å². The van der Waals surface area contributed by atoms with Crippen LogP contribution < -0.4 is 10.1 Å². The molecule has 1 heterocycles. The van der Waals surface area contributed by atoms with E-state index in [1.807, 2.05) is 37.5 Å². The molecule has 0 saturated carbocycles. The van der Waals surface area contributed by atoms with Crippen LogP contribution in [0.5, 0.6) is 5.75 Å². The van der Waals surface area contributed by atoms with Crippen LogP contribution in [0.15, 0.2) is 85.1 Å². The molecule has 4 heteroatoms. The Morgan fingerprint density at radius 3 is 2.47 bits per heavy atom. The Balaban J connectivity index is 1.60. The fraction of sp³-hybridized carbons (Fsp3) is 0.231. The number of nitrogens with zero attached hydrogens (tertiary/aromatic N) is 1. The van der Waals surface area contributed by atoms with Gasteiger partial charge in [-0.15, -0.1) is 0 Å². The smallest absolute Gasteiger partial charge is 0.120 e. The summed E-state index contributed by atoms with van der Waals surface area (Å²) in [4.78, 5) is 0. The molecule has 4 nitrogen and oxygen atoms in total. The first-order chi connectivity index (χ1) is 14.7. The quantitative estimate of drug-likeness (QED) is 0.451. The van der Waals surface area contributed by atoms with Gasteiger partial charge in [0.2, 0.25) is 0 Å². The van der Waals surface area contributed by atoms with Gasteiger partial charge in [0.05, 0.1) is 12.1 Å². The maximum Gasteiger partial charge on any atom is 0.120 e. The number of aliphatic hydroxyl groups excluding tert-OH is 1. The van der Waals surface area contributed by atoms with E-state index < -0.39 is 6.10 Å². The van der Waals surface area contributed by atoms with E-state index in [0.29, 0.717) is 13.2 Å². The zero-order chi connectivity index (χ0) is 20.9. The predicted molar refractivity (Wildman–Crippen MR) is 122 cm³/mol. The lowest BCUT2D eigenvalue weighted by molar-refractivity contribution is 0.132. The second kappa shape index (κ2) is 9.16. The number of aryl methyl sites for hydroxylation is 1. The molecule has 0 amide bonds. The van der Waals surface area contributed by atoms with Gasteiger partial charge in [0.15, 0.2) is 0 Å². The van der Waals surface area contributed by atoms with Crippen LogP contribution in [-0.4, -0.2) is 29.4 Å². The summed E-state index contributed by atoms with van der Waals surface area (Å²) >= 11 is 0. The van der Waals surface area contributed by atoms with E-state index in [-0.39, 0.29) is 6.04 Å². The number of benzene rings is 3. The van der Waals surface area contributed by atoms with Crippen molar-refractivity contribution in [1.82, 2.24) is 9.88 Å². The van der Waals surface area contributed by atoms with Crippen molar-refractivity contribution in [1.29, 1.82) is 0 Å².